The molecule has 0 aliphatic carbocycles. The Kier molecular flexibility index (Phi) is 3.84. The Morgan fingerprint density at radius 2 is 1.71 bits per heavy atom. The third-order valence-electron chi connectivity index (χ3n) is 4.00. The molecule has 0 saturated heterocycles. The summed E-state index contributed by atoms with van der Waals surface area (Å²) in [6.07, 6.45) is 0. The third-order valence-corrected chi connectivity index (χ3v) is 4.00. The molecular formula is C17H20N5O2+. The van der Waals surface area contributed by atoms with Gasteiger partial charge < -0.3 is 5.32 Å². The van der Waals surface area contributed by atoms with Gasteiger partial charge in [-0.2, -0.15) is 0 Å². The number of nitrogens with zero attached hydrogens (tertiary/aromatic N) is 3. The number of hydrogen-bond acceptors (Lipinski definition) is 4. The van der Waals surface area contributed by atoms with E-state index in [-0.39, 0.29) is 11.2 Å². The highest BCUT2D eigenvalue weighted by Gasteiger charge is 2.20. The van der Waals surface area contributed by atoms with Crippen molar-refractivity contribution in [3.05, 3.63) is 57.2 Å². The van der Waals surface area contributed by atoms with E-state index in [1.807, 2.05) is 55.4 Å². The van der Waals surface area contributed by atoms with Gasteiger partial charge in [-0.25, -0.2) is 18.9 Å². The maximum atomic E-state index is 12.7. The molecule has 2 N–H and O–H groups in total. The Bertz CT molecular complexity index is 1020. The van der Waals surface area contributed by atoms with Gasteiger partial charge in [0.1, 0.15) is 5.39 Å². The number of rotatable bonds is 3. The highest BCUT2D eigenvalue weighted by molar-refractivity contribution is 5.89. The Morgan fingerprint density at radius 1 is 1.04 bits per heavy atom. The molecule has 0 atom stereocenters. The van der Waals surface area contributed by atoms with Crippen LogP contribution in [0.2, 0.25) is 0 Å². The largest absolute Gasteiger partial charge is 0.388 e. The highest BCUT2D eigenvalue weighted by Crippen LogP contribution is 2.24. The molecule has 0 fully saturated rings. The van der Waals surface area contributed by atoms with Crippen LogP contribution in [-0.4, -0.2) is 23.2 Å². The number of H-pyrrole nitrogens is 1. The minimum absolute atomic E-state index is 0.340. The summed E-state index contributed by atoms with van der Waals surface area (Å²) in [5.41, 5.74) is 1.28. The number of aromatic amines is 1. The number of fused-ring (bicyclic) bond motifs is 1. The Hall–Kier alpha value is -3.09. The number of aromatic nitrogens is 3. The minimum atomic E-state index is -0.370. The minimum Gasteiger partial charge on any atom is -0.354 e. The smallest absolute Gasteiger partial charge is 0.354 e. The van der Waals surface area contributed by atoms with Gasteiger partial charge in [0.25, 0.3) is 5.56 Å². The lowest BCUT2D eigenvalue weighted by Gasteiger charge is -2.14. The van der Waals surface area contributed by atoms with Gasteiger partial charge >= 0.3 is 5.69 Å². The Balaban J connectivity index is 2.38. The van der Waals surface area contributed by atoms with Gasteiger partial charge in [0, 0.05) is 18.8 Å². The summed E-state index contributed by atoms with van der Waals surface area (Å²) in [5.74, 6) is 0.782. The zero-order valence-corrected chi connectivity index (χ0v) is 14.1. The molecule has 0 unspecified atom stereocenters. The quantitative estimate of drug-likeness (QED) is 0.775. The van der Waals surface area contributed by atoms with E-state index >= 15 is 0 Å². The summed E-state index contributed by atoms with van der Waals surface area (Å²) in [6, 6.07) is 11.5. The van der Waals surface area contributed by atoms with Crippen molar-refractivity contribution in [3.8, 4) is 0 Å². The predicted molar refractivity (Wildman–Crippen MR) is 95.0 cm³/mol. The van der Waals surface area contributed by atoms with E-state index in [4.69, 9.17) is 0 Å². The van der Waals surface area contributed by atoms with Gasteiger partial charge in [0.2, 0.25) is 11.5 Å². The summed E-state index contributed by atoms with van der Waals surface area (Å²) >= 11 is 0. The first-order chi connectivity index (χ1) is 11.4. The van der Waals surface area contributed by atoms with Crippen molar-refractivity contribution in [3.63, 3.8) is 0 Å². The fraction of sp³-hybridized carbons (Fsp3) is 0.235. The molecule has 3 aromatic rings. The molecule has 0 aliphatic rings. The van der Waals surface area contributed by atoms with Crippen molar-refractivity contribution in [2.24, 2.45) is 14.1 Å². The van der Waals surface area contributed by atoms with Crippen LogP contribution in [0.3, 0.4) is 0 Å². The van der Waals surface area contributed by atoms with E-state index in [0.29, 0.717) is 16.7 Å². The van der Waals surface area contributed by atoms with Crippen LogP contribution < -0.4 is 26.4 Å². The molecule has 0 amide bonds. The number of aryl methyl sites for hydroxylation is 1. The first-order valence-corrected chi connectivity index (χ1v) is 7.55. The third kappa shape index (κ3) is 2.54. The zero-order valence-electron chi connectivity index (χ0n) is 14.1. The van der Waals surface area contributed by atoms with Crippen LogP contribution in [0, 0.1) is 0 Å². The zero-order chi connectivity index (χ0) is 17.4. The molecule has 2 aromatic heterocycles. The maximum Gasteiger partial charge on any atom is 0.388 e. The number of pyridine rings is 1. The predicted octanol–water partition coefficient (Wildman–Crippen LogP) is 0.861. The molecule has 124 valence electrons. The van der Waals surface area contributed by atoms with E-state index in [1.54, 1.807) is 7.05 Å². The van der Waals surface area contributed by atoms with Gasteiger partial charge in [0.15, 0.2) is 0 Å². The molecule has 1 aromatic carbocycles. The molecule has 0 spiro atoms. The van der Waals surface area contributed by atoms with E-state index < -0.39 is 0 Å². The van der Waals surface area contributed by atoms with E-state index in [2.05, 4.69) is 10.3 Å². The monoisotopic (exact) mass is 326 g/mol. The molecule has 7 nitrogen and oxygen atoms in total. The van der Waals surface area contributed by atoms with Crippen molar-refractivity contribution in [2.75, 3.05) is 24.3 Å². The van der Waals surface area contributed by atoms with Crippen molar-refractivity contribution in [1.82, 2.24) is 9.13 Å². The molecule has 0 radical (unpaired) electrons. The molecule has 0 aliphatic heterocycles. The summed E-state index contributed by atoms with van der Waals surface area (Å²) in [6.45, 7) is 0. The number of benzene rings is 1. The number of hydrogen-bond donors (Lipinski definition) is 1. The van der Waals surface area contributed by atoms with Gasteiger partial charge in [-0.15, -0.1) is 0 Å². The van der Waals surface area contributed by atoms with E-state index in [0.717, 1.165) is 16.1 Å². The van der Waals surface area contributed by atoms with Crippen LogP contribution >= 0.6 is 0 Å². The molecule has 0 saturated carbocycles. The highest BCUT2D eigenvalue weighted by atomic mass is 16.2. The summed E-state index contributed by atoms with van der Waals surface area (Å²) in [5, 5.41) is 3.72. The van der Waals surface area contributed by atoms with Gasteiger partial charge in [-0.05, 0) is 12.1 Å². The summed E-state index contributed by atoms with van der Waals surface area (Å²) < 4.78 is 2.56. The fourth-order valence-corrected chi connectivity index (χ4v) is 2.62. The topological polar surface area (TPSA) is 73.4 Å². The molecule has 2 heterocycles. The lowest BCUT2D eigenvalue weighted by molar-refractivity contribution is -0.335. The lowest BCUT2D eigenvalue weighted by atomic mass is 10.2. The van der Waals surface area contributed by atoms with Gasteiger partial charge in [0.05, 0.1) is 26.8 Å². The average Bonchev–Trinajstić information content (AvgIpc) is 2.58. The molecule has 3 rings (SSSR count). The van der Waals surface area contributed by atoms with Crippen LogP contribution in [0.1, 0.15) is 0 Å². The van der Waals surface area contributed by atoms with Crippen LogP contribution in [0.4, 0.5) is 17.2 Å². The number of nitrogens with one attached hydrogen (secondary N) is 2. The normalized spacial score (nSPS) is 10.8. The maximum absolute atomic E-state index is 12.7. The Morgan fingerprint density at radius 3 is 2.33 bits per heavy atom. The molecule has 0 bridgehead atoms. The average molecular weight is 326 g/mol. The fourth-order valence-electron chi connectivity index (χ4n) is 2.62. The lowest BCUT2D eigenvalue weighted by Crippen LogP contribution is -2.40. The Labute approximate surface area is 138 Å². The van der Waals surface area contributed by atoms with E-state index in [9.17, 15) is 9.59 Å². The van der Waals surface area contributed by atoms with Crippen LogP contribution in [0.25, 0.3) is 11.0 Å². The van der Waals surface area contributed by atoms with Crippen molar-refractivity contribution in [1.29, 1.82) is 0 Å². The second kappa shape index (κ2) is 5.84. The SMILES string of the molecule is CN(C)c1cc(Nc2ccccc2)c2c(=O)n(C)c(=O)n(C)c2[nH+]1. The number of para-hydroxylation sites is 1. The van der Waals surface area contributed by atoms with E-state index in [1.165, 1.54) is 11.6 Å². The van der Waals surface area contributed by atoms with Gasteiger partial charge in [-0.1, -0.05) is 18.2 Å². The first-order valence-electron chi connectivity index (χ1n) is 7.55. The van der Waals surface area contributed by atoms with Crippen molar-refractivity contribution >= 4 is 28.2 Å². The second-order valence-electron chi connectivity index (χ2n) is 5.88. The first kappa shape index (κ1) is 15.8. The second-order valence-corrected chi connectivity index (χ2v) is 5.88. The van der Waals surface area contributed by atoms with Crippen LogP contribution in [0.15, 0.2) is 46.0 Å². The standard InChI is InChI=1S/C17H19N5O2/c1-20(2)13-10-12(18-11-8-6-5-7-9-11)14-15(19-13)21(3)17(24)22(4)16(14)23/h5-10H,1-4H3,(H,18,19)/p+1. The van der Waals surface area contributed by atoms with Crippen molar-refractivity contribution in [2.45, 2.75) is 0 Å². The summed E-state index contributed by atoms with van der Waals surface area (Å²) in [7, 11) is 6.91. The molecular weight excluding hydrogens is 306 g/mol. The van der Waals surface area contributed by atoms with Crippen LogP contribution in [0.5, 0.6) is 0 Å². The molecule has 24 heavy (non-hydrogen) atoms. The van der Waals surface area contributed by atoms with Gasteiger partial charge in [-0.3, -0.25) is 9.69 Å². The summed E-state index contributed by atoms with van der Waals surface area (Å²) in [4.78, 5) is 29.9. The van der Waals surface area contributed by atoms with Crippen molar-refractivity contribution < 1.29 is 4.98 Å². The van der Waals surface area contributed by atoms with Crippen LogP contribution in [-0.2, 0) is 14.1 Å². The number of anilines is 3. The molecule has 7 heteroatoms.